The van der Waals surface area contributed by atoms with Gasteiger partial charge in [-0.1, -0.05) is 75.9 Å². The van der Waals surface area contributed by atoms with Crippen LogP contribution >= 0.6 is 11.8 Å². The predicted molar refractivity (Wildman–Crippen MR) is 137 cm³/mol. The molecule has 0 spiro atoms. The molecular formula is C26H33N5O2S. The third kappa shape index (κ3) is 6.26. The number of carbonyl (C=O) groups excluding carboxylic acids is 2. The summed E-state index contributed by atoms with van der Waals surface area (Å²) in [7, 11) is 0. The zero-order valence-electron chi connectivity index (χ0n) is 20.4. The first-order valence-corrected chi connectivity index (χ1v) is 12.6. The van der Waals surface area contributed by atoms with Crippen LogP contribution in [-0.4, -0.2) is 32.3 Å². The van der Waals surface area contributed by atoms with Crippen molar-refractivity contribution in [3.63, 3.8) is 0 Å². The summed E-state index contributed by atoms with van der Waals surface area (Å²) in [5.41, 5.74) is 2.54. The molecule has 1 aromatic heterocycles. The number of amides is 2. The van der Waals surface area contributed by atoms with Gasteiger partial charge in [-0.3, -0.25) is 9.59 Å². The van der Waals surface area contributed by atoms with Crippen LogP contribution in [0.15, 0.2) is 59.8 Å². The molecule has 2 aromatic carbocycles. The van der Waals surface area contributed by atoms with Crippen molar-refractivity contribution in [3.8, 4) is 0 Å². The van der Waals surface area contributed by atoms with Gasteiger partial charge in [-0.25, -0.2) is 0 Å². The summed E-state index contributed by atoms with van der Waals surface area (Å²) in [5, 5.41) is 15.5. The van der Waals surface area contributed by atoms with Crippen molar-refractivity contribution in [1.29, 1.82) is 0 Å². The topological polar surface area (TPSA) is 88.9 Å². The fourth-order valence-electron chi connectivity index (χ4n) is 3.71. The third-order valence-corrected chi connectivity index (χ3v) is 6.49. The maximum Gasteiger partial charge on any atom is 0.251 e. The minimum atomic E-state index is -0.304. The first-order valence-electron chi connectivity index (χ1n) is 11.6. The van der Waals surface area contributed by atoms with E-state index in [1.54, 1.807) is 12.1 Å². The summed E-state index contributed by atoms with van der Waals surface area (Å²) in [6, 6.07) is 16.7. The molecule has 8 heteroatoms. The summed E-state index contributed by atoms with van der Waals surface area (Å²) >= 11 is 1.34. The van der Waals surface area contributed by atoms with E-state index >= 15 is 0 Å². The lowest BCUT2D eigenvalue weighted by Crippen LogP contribution is -2.33. The lowest BCUT2D eigenvalue weighted by Gasteiger charge is -2.22. The molecule has 0 aliphatic carbocycles. The molecule has 0 aliphatic rings. The van der Waals surface area contributed by atoms with E-state index in [2.05, 4.69) is 34.7 Å². The van der Waals surface area contributed by atoms with Gasteiger partial charge in [0.15, 0.2) is 11.0 Å². The zero-order valence-corrected chi connectivity index (χ0v) is 21.2. The Hall–Kier alpha value is -3.13. The molecule has 1 heterocycles. The molecule has 0 saturated heterocycles. The first kappa shape index (κ1) is 25.5. The largest absolute Gasteiger partial charge is 0.342 e. The SMILES string of the molecule is CCn1c(SCC(=O)Nc2ccccc2C(C)C)nnc1[C@H](NC(=O)c1ccccc1)C(C)C. The van der Waals surface area contributed by atoms with E-state index < -0.39 is 0 Å². The number of rotatable bonds is 10. The van der Waals surface area contributed by atoms with Gasteiger partial charge in [-0.15, -0.1) is 10.2 Å². The predicted octanol–water partition coefficient (Wildman–Crippen LogP) is 5.28. The second-order valence-electron chi connectivity index (χ2n) is 8.73. The van der Waals surface area contributed by atoms with Crippen LogP contribution in [-0.2, 0) is 11.3 Å². The van der Waals surface area contributed by atoms with Crippen LogP contribution in [0.1, 0.15) is 68.3 Å². The van der Waals surface area contributed by atoms with Gasteiger partial charge in [0.2, 0.25) is 5.91 Å². The van der Waals surface area contributed by atoms with E-state index in [-0.39, 0.29) is 29.5 Å². The smallest absolute Gasteiger partial charge is 0.251 e. The highest BCUT2D eigenvalue weighted by molar-refractivity contribution is 7.99. The van der Waals surface area contributed by atoms with Crippen molar-refractivity contribution in [2.45, 2.75) is 58.3 Å². The minimum absolute atomic E-state index is 0.0944. The molecule has 34 heavy (non-hydrogen) atoms. The van der Waals surface area contributed by atoms with Gasteiger partial charge in [0, 0.05) is 17.8 Å². The van der Waals surface area contributed by atoms with Crippen molar-refractivity contribution >= 4 is 29.3 Å². The van der Waals surface area contributed by atoms with E-state index in [1.807, 2.05) is 67.8 Å². The number of carbonyl (C=O) groups is 2. The van der Waals surface area contributed by atoms with Gasteiger partial charge in [0.25, 0.3) is 5.91 Å². The van der Waals surface area contributed by atoms with Crippen LogP contribution in [0.4, 0.5) is 5.69 Å². The van der Waals surface area contributed by atoms with Gasteiger partial charge in [0.05, 0.1) is 11.8 Å². The van der Waals surface area contributed by atoms with Gasteiger partial charge >= 0.3 is 0 Å². The maximum absolute atomic E-state index is 12.8. The van der Waals surface area contributed by atoms with Crippen LogP contribution in [0.5, 0.6) is 0 Å². The van der Waals surface area contributed by atoms with Gasteiger partial charge < -0.3 is 15.2 Å². The van der Waals surface area contributed by atoms with E-state index in [0.717, 1.165) is 11.3 Å². The van der Waals surface area contributed by atoms with Crippen LogP contribution in [0.25, 0.3) is 0 Å². The molecule has 2 N–H and O–H groups in total. The van der Waals surface area contributed by atoms with Gasteiger partial charge in [-0.05, 0) is 42.5 Å². The van der Waals surface area contributed by atoms with Crippen molar-refractivity contribution < 1.29 is 9.59 Å². The van der Waals surface area contributed by atoms with Crippen molar-refractivity contribution in [3.05, 3.63) is 71.5 Å². The molecule has 0 bridgehead atoms. The molecule has 0 aliphatic heterocycles. The Bertz CT molecular complexity index is 1110. The molecule has 3 aromatic rings. The molecule has 0 radical (unpaired) electrons. The zero-order chi connectivity index (χ0) is 24.7. The lowest BCUT2D eigenvalue weighted by atomic mass is 10.0. The summed E-state index contributed by atoms with van der Waals surface area (Å²) in [5.74, 6) is 1.08. The molecule has 180 valence electrons. The fraction of sp³-hybridized carbons (Fsp3) is 0.385. The van der Waals surface area contributed by atoms with E-state index in [9.17, 15) is 9.59 Å². The summed E-state index contributed by atoms with van der Waals surface area (Å²) in [6.45, 7) is 10.9. The number of hydrogen-bond donors (Lipinski definition) is 2. The second-order valence-corrected chi connectivity index (χ2v) is 9.67. The normalized spacial score (nSPS) is 12.1. The van der Waals surface area contributed by atoms with Gasteiger partial charge in [-0.2, -0.15) is 0 Å². The molecule has 3 rings (SSSR count). The van der Waals surface area contributed by atoms with Crippen LogP contribution in [0, 0.1) is 5.92 Å². The molecule has 1 atom stereocenters. The molecule has 0 saturated carbocycles. The Morgan fingerprint density at radius 2 is 1.65 bits per heavy atom. The van der Waals surface area contributed by atoms with E-state index in [0.29, 0.717) is 29.0 Å². The number of para-hydroxylation sites is 1. The Balaban J connectivity index is 1.71. The standard InChI is InChI=1S/C26H33N5O2S/c1-6-31-24(23(18(4)5)28-25(33)19-12-8-7-9-13-19)29-30-26(31)34-16-22(32)27-21-15-11-10-14-20(21)17(2)3/h7-15,17-18,23H,6,16H2,1-5H3,(H,27,32)(H,28,33)/t23-/m1/s1. The Labute approximate surface area is 205 Å². The lowest BCUT2D eigenvalue weighted by molar-refractivity contribution is -0.113. The van der Waals surface area contributed by atoms with Gasteiger partial charge in [0.1, 0.15) is 0 Å². The molecule has 0 unspecified atom stereocenters. The summed E-state index contributed by atoms with van der Waals surface area (Å²) < 4.78 is 1.97. The number of hydrogen-bond acceptors (Lipinski definition) is 5. The van der Waals surface area contributed by atoms with Crippen molar-refractivity contribution in [2.75, 3.05) is 11.1 Å². The fourth-order valence-corrected chi connectivity index (χ4v) is 4.52. The van der Waals surface area contributed by atoms with E-state index in [4.69, 9.17) is 0 Å². The monoisotopic (exact) mass is 479 g/mol. The van der Waals surface area contributed by atoms with Crippen LogP contribution < -0.4 is 10.6 Å². The number of nitrogens with zero attached hydrogens (tertiary/aromatic N) is 3. The highest BCUT2D eigenvalue weighted by atomic mass is 32.2. The number of benzene rings is 2. The first-order chi connectivity index (χ1) is 16.3. The number of nitrogens with one attached hydrogen (secondary N) is 2. The Kier molecular flexibility index (Phi) is 8.87. The molecule has 0 fully saturated rings. The average Bonchev–Trinajstić information content (AvgIpc) is 3.24. The van der Waals surface area contributed by atoms with Crippen LogP contribution in [0.2, 0.25) is 0 Å². The third-order valence-electron chi connectivity index (χ3n) is 5.52. The highest BCUT2D eigenvalue weighted by Gasteiger charge is 2.26. The summed E-state index contributed by atoms with van der Waals surface area (Å²) in [6.07, 6.45) is 0. The quantitative estimate of drug-likeness (QED) is 0.386. The number of anilines is 1. The molecule has 7 nitrogen and oxygen atoms in total. The Morgan fingerprint density at radius 3 is 2.29 bits per heavy atom. The van der Waals surface area contributed by atoms with Crippen LogP contribution in [0.3, 0.4) is 0 Å². The minimum Gasteiger partial charge on any atom is -0.342 e. The summed E-state index contributed by atoms with van der Waals surface area (Å²) in [4.78, 5) is 25.4. The highest BCUT2D eigenvalue weighted by Crippen LogP contribution is 2.27. The Morgan fingerprint density at radius 1 is 0.971 bits per heavy atom. The average molecular weight is 480 g/mol. The van der Waals surface area contributed by atoms with E-state index in [1.165, 1.54) is 11.8 Å². The number of aromatic nitrogens is 3. The molecule has 2 amide bonds. The maximum atomic E-state index is 12.8. The second kappa shape index (κ2) is 11.8. The number of thioether (sulfide) groups is 1. The molecular weight excluding hydrogens is 446 g/mol. The van der Waals surface area contributed by atoms with Crippen molar-refractivity contribution in [2.24, 2.45) is 5.92 Å². The van der Waals surface area contributed by atoms with Crippen molar-refractivity contribution in [1.82, 2.24) is 20.1 Å².